The van der Waals surface area contributed by atoms with Gasteiger partial charge in [0.2, 0.25) is 5.04 Å². The van der Waals surface area contributed by atoms with Gasteiger partial charge in [0.05, 0.1) is 12.7 Å². The summed E-state index contributed by atoms with van der Waals surface area (Å²) in [6.07, 6.45) is 1.90. The molecule has 0 aromatic heterocycles. The summed E-state index contributed by atoms with van der Waals surface area (Å²) in [6, 6.07) is 20.2. The topological polar surface area (TPSA) is 38.5 Å². The van der Waals surface area contributed by atoms with E-state index in [1.807, 2.05) is 54.6 Å². The van der Waals surface area contributed by atoms with Crippen LogP contribution in [0.1, 0.15) is 11.1 Å². The van der Waals surface area contributed by atoms with Crippen molar-refractivity contribution < 1.29 is 18.8 Å². The number of thioether (sulfide) groups is 1. The number of esters is 1. The van der Waals surface area contributed by atoms with E-state index >= 15 is 0 Å². The van der Waals surface area contributed by atoms with Gasteiger partial charge in [0.25, 0.3) is 0 Å². The first-order chi connectivity index (χ1) is 13.3. The summed E-state index contributed by atoms with van der Waals surface area (Å²) in [5.41, 5.74) is 2.80. The molecule has 1 aliphatic heterocycles. The third-order valence-electron chi connectivity index (χ3n) is 4.27. The van der Waals surface area contributed by atoms with Crippen molar-refractivity contribution in [1.29, 1.82) is 0 Å². The lowest BCUT2D eigenvalue weighted by Gasteiger charge is -2.15. The summed E-state index contributed by atoms with van der Waals surface area (Å²) in [7, 11) is 1.43. The molecule has 1 aliphatic rings. The van der Waals surface area contributed by atoms with E-state index < -0.39 is 0 Å². The smallest absolute Gasteiger partial charge is 0.334 e. The number of rotatable bonds is 5. The fourth-order valence-corrected chi connectivity index (χ4v) is 4.05. The van der Waals surface area contributed by atoms with Crippen molar-refractivity contribution in [3.63, 3.8) is 0 Å². The van der Waals surface area contributed by atoms with Crippen molar-refractivity contribution in [3.05, 3.63) is 77.4 Å². The van der Waals surface area contributed by atoms with Crippen molar-refractivity contribution >= 4 is 28.9 Å². The highest BCUT2D eigenvalue weighted by atomic mass is 32.2. The van der Waals surface area contributed by atoms with Gasteiger partial charge < -0.3 is 9.47 Å². The highest BCUT2D eigenvalue weighted by Crippen LogP contribution is 2.20. The quantitative estimate of drug-likeness (QED) is 0.344. The fraction of sp³-hybridized carbons (Fsp3) is 0.273. The van der Waals surface area contributed by atoms with Crippen LogP contribution in [0.2, 0.25) is 0 Å². The fourth-order valence-electron chi connectivity index (χ4n) is 2.89. The molecule has 0 radical (unpaired) electrons. The Kier molecular flexibility index (Phi) is 7.25. The van der Waals surface area contributed by atoms with Crippen molar-refractivity contribution in [3.8, 4) is 0 Å². The van der Waals surface area contributed by atoms with Crippen LogP contribution in [-0.2, 0) is 14.3 Å². The van der Waals surface area contributed by atoms with E-state index in [0.29, 0.717) is 11.3 Å². The summed E-state index contributed by atoms with van der Waals surface area (Å²) in [5, 5.41) is 1.17. The first-order valence-electron chi connectivity index (χ1n) is 8.99. The van der Waals surface area contributed by atoms with E-state index in [0.717, 1.165) is 37.4 Å². The highest BCUT2D eigenvalue weighted by molar-refractivity contribution is 8.14. The second-order valence-corrected chi connectivity index (χ2v) is 7.10. The number of nitrogens with zero attached hydrogens (tertiary/aromatic N) is 1. The van der Waals surface area contributed by atoms with Crippen molar-refractivity contribution in [2.75, 3.05) is 39.2 Å². The van der Waals surface area contributed by atoms with Gasteiger partial charge in [-0.1, -0.05) is 60.3 Å². The van der Waals surface area contributed by atoms with E-state index in [4.69, 9.17) is 9.47 Å². The van der Waals surface area contributed by atoms with Crippen LogP contribution < -0.4 is 0 Å². The van der Waals surface area contributed by atoms with Gasteiger partial charge in [-0.25, -0.2) is 9.37 Å². The van der Waals surface area contributed by atoms with Gasteiger partial charge in [0, 0.05) is 11.3 Å². The standard InChI is InChI=1S/C22H24NO3S/c1-25-22(24)20(16-18-8-4-2-5-9-18)17-27-21(19-10-6-3-7-11-19)23-12-14-26-15-13-23/h2-11,16H,12-15,17H2,1H3/q+1/b20-16+. The number of morpholine rings is 1. The maximum absolute atomic E-state index is 12.3. The Morgan fingerprint density at radius 1 is 1.07 bits per heavy atom. The van der Waals surface area contributed by atoms with E-state index in [2.05, 4.69) is 16.7 Å². The zero-order chi connectivity index (χ0) is 18.9. The Balaban J connectivity index is 1.86. The SMILES string of the molecule is COC(=O)/C(=C/c1ccccc1)CSC(c1ccccc1)=[N+]1CCOCC1. The molecule has 27 heavy (non-hydrogen) atoms. The van der Waals surface area contributed by atoms with Crippen LogP contribution in [0, 0.1) is 0 Å². The first-order valence-corrected chi connectivity index (χ1v) is 9.98. The van der Waals surface area contributed by atoms with Gasteiger partial charge in [-0.15, -0.1) is 0 Å². The number of carbonyl (C=O) groups is 1. The minimum atomic E-state index is -0.291. The normalized spacial score (nSPS) is 14.7. The van der Waals surface area contributed by atoms with E-state index in [1.165, 1.54) is 12.2 Å². The molecule has 2 aromatic carbocycles. The molecule has 1 saturated heterocycles. The summed E-state index contributed by atoms with van der Waals surface area (Å²) < 4.78 is 12.8. The molecule has 0 aliphatic carbocycles. The van der Waals surface area contributed by atoms with E-state index in [9.17, 15) is 4.79 Å². The lowest BCUT2D eigenvalue weighted by atomic mass is 10.1. The average molecular weight is 383 g/mol. The molecule has 5 heteroatoms. The molecule has 1 heterocycles. The lowest BCUT2D eigenvalue weighted by molar-refractivity contribution is -0.546. The number of carbonyl (C=O) groups excluding carboxylic acids is 1. The minimum Gasteiger partial charge on any atom is -0.466 e. The zero-order valence-electron chi connectivity index (χ0n) is 15.5. The molecular formula is C22H24NO3S+. The molecule has 140 valence electrons. The number of hydrogen-bond donors (Lipinski definition) is 0. The maximum Gasteiger partial charge on any atom is 0.334 e. The monoisotopic (exact) mass is 382 g/mol. The van der Waals surface area contributed by atoms with Crippen LogP contribution in [0.15, 0.2) is 66.2 Å². The van der Waals surface area contributed by atoms with Crippen LogP contribution in [0.3, 0.4) is 0 Å². The van der Waals surface area contributed by atoms with E-state index in [-0.39, 0.29) is 5.97 Å². The van der Waals surface area contributed by atoms with Crippen molar-refractivity contribution in [2.45, 2.75) is 0 Å². The molecule has 0 atom stereocenters. The maximum atomic E-state index is 12.3. The van der Waals surface area contributed by atoms with Gasteiger partial charge in [-0.3, -0.25) is 0 Å². The van der Waals surface area contributed by atoms with Crippen LogP contribution in [0.5, 0.6) is 0 Å². The lowest BCUT2D eigenvalue weighted by Crippen LogP contribution is -2.33. The Morgan fingerprint density at radius 3 is 2.33 bits per heavy atom. The van der Waals surface area contributed by atoms with Crippen LogP contribution in [0.4, 0.5) is 0 Å². The Bertz CT molecular complexity index is 808. The third-order valence-corrected chi connectivity index (χ3v) is 5.49. The molecular weight excluding hydrogens is 358 g/mol. The first kappa shape index (κ1) is 19.4. The van der Waals surface area contributed by atoms with Crippen molar-refractivity contribution in [1.82, 2.24) is 0 Å². The predicted octanol–water partition coefficient (Wildman–Crippen LogP) is 3.47. The molecule has 0 N–H and O–H groups in total. The highest BCUT2D eigenvalue weighted by Gasteiger charge is 2.22. The van der Waals surface area contributed by atoms with Gasteiger partial charge in [-0.2, -0.15) is 0 Å². The molecule has 0 spiro atoms. The van der Waals surface area contributed by atoms with E-state index in [1.54, 1.807) is 11.8 Å². The number of methoxy groups -OCH3 is 1. The van der Waals surface area contributed by atoms with Gasteiger partial charge in [-0.05, 0) is 23.8 Å². The molecule has 1 fully saturated rings. The summed E-state index contributed by atoms with van der Waals surface area (Å²) in [4.78, 5) is 12.3. The zero-order valence-corrected chi connectivity index (χ0v) is 16.3. The third kappa shape index (κ3) is 5.55. The summed E-state index contributed by atoms with van der Waals surface area (Å²) in [5.74, 6) is 0.254. The minimum absolute atomic E-state index is 0.291. The van der Waals surface area contributed by atoms with Crippen LogP contribution in [-0.4, -0.2) is 54.8 Å². The Hall–Kier alpha value is -2.37. The van der Waals surface area contributed by atoms with Crippen molar-refractivity contribution in [2.24, 2.45) is 0 Å². The number of benzene rings is 2. The van der Waals surface area contributed by atoms with Gasteiger partial charge >= 0.3 is 5.97 Å². The Labute approximate surface area is 164 Å². The predicted molar refractivity (Wildman–Crippen MR) is 110 cm³/mol. The summed E-state index contributed by atoms with van der Waals surface area (Å²) in [6.45, 7) is 3.15. The largest absolute Gasteiger partial charge is 0.466 e. The molecule has 0 saturated carbocycles. The average Bonchev–Trinajstić information content (AvgIpc) is 2.75. The molecule has 4 nitrogen and oxygen atoms in total. The summed E-state index contributed by atoms with van der Waals surface area (Å²) >= 11 is 1.67. The van der Waals surface area contributed by atoms with Crippen LogP contribution >= 0.6 is 11.8 Å². The molecule has 3 rings (SSSR count). The number of hydrogen-bond acceptors (Lipinski definition) is 4. The van der Waals surface area contributed by atoms with Crippen LogP contribution in [0.25, 0.3) is 6.08 Å². The molecule has 2 aromatic rings. The van der Waals surface area contributed by atoms with Gasteiger partial charge in [0.1, 0.15) is 13.2 Å². The number of ether oxygens (including phenoxy) is 2. The molecule has 0 bridgehead atoms. The second kappa shape index (κ2) is 10.1. The Morgan fingerprint density at radius 2 is 1.70 bits per heavy atom. The molecule has 0 unspecified atom stereocenters. The van der Waals surface area contributed by atoms with Gasteiger partial charge in [0.15, 0.2) is 13.1 Å². The molecule has 0 amide bonds. The second-order valence-electron chi connectivity index (χ2n) is 6.13.